The van der Waals surface area contributed by atoms with Gasteiger partial charge in [0.25, 0.3) is 5.95 Å². The lowest BCUT2D eigenvalue weighted by atomic mass is 10.2. The highest BCUT2D eigenvalue weighted by Gasteiger charge is 2.01. The van der Waals surface area contributed by atoms with E-state index in [9.17, 15) is 0 Å². The Labute approximate surface area is 114 Å². The Morgan fingerprint density at radius 2 is 1.75 bits per heavy atom. The van der Waals surface area contributed by atoms with Crippen LogP contribution in [0.2, 0.25) is 0 Å². The quantitative estimate of drug-likeness (QED) is 0.530. The van der Waals surface area contributed by atoms with Crippen LogP contribution in [0.5, 0.6) is 0 Å². The summed E-state index contributed by atoms with van der Waals surface area (Å²) in [6.45, 7) is 0. The van der Waals surface area contributed by atoms with Gasteiger partial charge < -0.3 is 10.6 Å². The molecule has 0 saturated carbocycles. The summed E-state index contributed by atoms with van der Waals surface area (Å²) in [4.78, 5) is 0. The molecule has 0 amide bonds. The average Bonchev–Trinajstić information content (AvgIpc) is 3.21. The molecule has 2 heterocycles. The second kappa shape index (κ2) is 6.78. The molecule has 0 aliphatic rings. The van der Waals surface area contributed by atoms with Crippen LogP contribution in [0.1, 0.15) is 0 Å². The fourth-order valence-corrected chi connectivity index (χ4v) is 1.37. The van der Waals surface area contributed by atoms with E-state index in [1.807, 2.05) is 31.3 Å². The normalized spacial score (nSPS) is 9.50. The zero-order valence-corrected chi connectivity index (χ0v) is 11.0. The molecular weight excluding hydrogens is 260 g/mol. The van der Waals surface area contributed by atoms with Crippen molar-refractivity contribution in [2.45, 2.75) is 0 Å². The molecule has 0 bridgehead atoms. The van der Waals surface area contributed by atoms with E-state index < -0.39 is 0 Å². The SMILES string of the molecule is CNc1cccc(-c2nn[nH]n2)c1.CNc1nn[nH]n1. The summed E-state index contributed by atoms with van der Waals surface area (Å²) in [5.41, 5.74) is 1.97. The summed E-state index contributed by atoms with van der Waals surface area (Å²) < 4.78 is 0. The molecular formula is C10H14N10. The standard InChI is InChI=1S/C8H9N5.C2H5N5/c1-9-7-4-2-3-6(5-7)8-10-12-13-11-8;1-3-2-4-6-7-5-2/h2-5,9H,1H3,(H,10,11,12,13);1H3,(H2,3,4,5,6,7). The number of anilines is 2. The maximum Gasteiger partial charge on any atom is 0.262 e. The van der Waals surface area contributed by atoms with Crippen LogP contribution in [0.4, 0.5) is 11.6 Å². The van der Waals surface area contributed by atoms with Crippen LogP contribution >= 0.6 is 0 Å². The number of benzene rings is 1. The van der Waals surface area contributed by atoms with Crippen LogP contribution < -0.4 is 10.6 Å². The lowest BCUT2D eigenvalue weighted by molar-refractivity contribution is 0.881. The highest BCUT2D eigenvalue weighted by Crippen LogP contribution is 2.17. The minimum atomic E-state index is 0.514. The minimum absolute atomic E-state index is 0.514. The van der Waals surface area contributed by atoms with Crippen molar-refractivity contribution in [1.29, 1.82) is 0 Å². The van der Waals surface area contributed by atoms with Crippen molar-refractivity contribution in [3.05, 3.63) is 24.3 Å². The van der Waals surface area contributed by atoms with Crippen LogP contribution in [0.15, 0.2) is 24.3 Å². The molecule has 0 saturated heterocycles. The highest BCUT2D eigenvalue weighted by atomic mass is 15.5. The number of H-pyrrole nitrogens is 2. The number of tetrazole rings is 2. The van der Waals surface area contributed by atoms with E-state index in [4.69, 9.17) is 0 Å². The second-order valence-corrected chi connectivity index (χ2v) is 3.55. The molecule has 4 N–H and O–H groups in total. The average molecular weight is 274 g/mol. The zero-order valence-electron chi connectivity index (χ0n) is 11.0. The van der Waals surface area contributed by atoms with Gasteiger partial charge in [0, 0.05) is 25.3 Å². The molecule has 1 aromatic carbocycles. The number of nitrogens with one attached hydrogen (secondary N) is 4. The largest absolute Gasteiger partial charge is 0.388 e. The van der Waals surface area contributed by atoms with Crippen molar-refractivity contribution in [2.24, 2.45) is 0 Å². The number of nitrogens with zero attached hydrogens (tertiary/aromatic N) is 6. The van der Waals surface area contributed by atoms with Gasteiger partial charge in [-0.15, -0.1) is 15.3 Å². The van der Waals surface area contributed by atoms with Gasteiger partial charge in [-0.25, -0.2) is 0 Å². The predicted octanol–water partition coefficient (Wildman–Crippen LogP) is 0.150. The van der Waals surface area contributed by atoms with Gasteiger partial charge in [0.2, 0.25) is 5.82 Å². The van der Waals surface area contributed by atoms with Gasteiger partial charge in [0.05, 0.1) is 0 Å². The first kappa shape index (κ1) is 13.4. The Bertz CT molecular complexity index is 603. The summed E-state index contributed by atoms with van der Waals surface area (Å²) in [5, 5.41) is 32.2. The first-order valence-corrected chi connectivity index (χ1v) is 5.76. The zero-order chi connectivity index (χ0) is 14.2. The lowest BCUT2D eigenvalue weighted by Gasteiger charge is -2.00. The number of hydrogen-bond acceptors (Lipinski definition) is 8. The number of aromatic amines is 2. The molecule has 20 heavy (non-hydrogen) atoms. The van der Waals surface area contributed by atoms with Crippen molar-refractivity contribution in [3.63, 3.8) is 0 Å². The molecule has 3 aromatic rings. The Morgan fingerprint density at radius 3 is 2.30 bits per heavy atom. The van der Waals surface area contributed by atoms with Crippen molar-refractivity contribution in [1.82, 2.24) is 41.2 Å². The maximum atomic E-state index is 3.89. The van der Waals surface area contributed by atoms with Gasteiger partial charge >= 0.3 is 0 Å². The summed E-state index contributed by atoms with van der Waals surface area (Å²) >= 11 is 0. The summed E-state index contributed by atoms with van der Waals surface area (Å²) in [6.07, 6.45) is 0. The number of aromatic nitrogens is 8. The van der Waals surface area contributed by atoms with E-state index in [0.717, 1.165) is 11.3 Å². The maximum absolute atomic E-state index is 3.89. The Hall–Kier alpha value is -3.04. The van der Waals surface area contributed by atoms with Crippen LogP contribution in [0.3, 0.4) is 0 Å². The molecule has 0 atom stereocenters. The van der Waals surface area contributed by atoms with Crippen LogP contribution in [0, 0.1) is 0 Å². The fraction of sp³-hybridized carbons (Fsp3) is 0.200. The van der Waals surface area contributed by atoms with Gasteiger partial charge in [-0.2, -0.15) is 10.4 Å². The molecule has 104 valence electrons. The third kappa shape index (κ3) is 3.48. The molecule has 0 aliphatic carbocycles. The van der Waals surface area contributed by atoms with Gasteiger partial charge in [0.1, 0.15) is 0 Å². The van der Waals surface area contributed by atoms with Crippen molar-refractivity contribution in [3.8, 4) is 11.4 Å². The highest BCUT2D eigenvalue weighted by molar-refractivity contribution is 5.61. The first-order valence-electron chi connectivity index (χ1n) is 5.76. The molecule has 3 rings (SSSR count). The Kier molecular flexibility index (Phi) is 4.54. The Balaban J connectivity index is 0.000000178. The summed E-state index contributed by atoms with van der Waals surface area (Å²) in [7, 11) is 3.60. The fourth-order valence-electron chi connectivity index (χ4n) is 1.37. The van der Waals surface area contributed by atoms with Crippen molar-refractivity contribution < 1.29 is 0 Å². The monoisotopic (exact) mass is 274 g/mol. The van der Waals surface area contributed by atoms with E-state index in [1.54, 1.807) is 7.05 Å². The molecule has 10 heteroatoms. The van der Waals surface area contributed by atoms with Gasteiger partial charge in [0.15, 0.2) is 0 Å². The lowest BCUT2D eigenvalue weighted by Crippen LogP contribution is -1.88. The van der Waals surface area contributed by atoms with Gasteiger partial charge in [-0.05, 0) is 22.6 Å². The predicted molar refractivity (Wildman–Crippen MR) is 72.9 cm³/mol. The topological polar surface area (TPSA) is 133 Å². The molecule has 0 radical (unpaired) electrons. The van der Waals surface area contributed by atoms with E-state index in [-0.39, 0.29) is 0 Å². The minimum Gasteiger partial charge on any atom is -0.388 e. The van der Waals surface area contributed by atoms with E-state index in [2.05, 4.69) is 51.9 Å². The Morgan fingerprint density at radius 1 is 0.950 bits per heavy atom. The molecule has 0 aliphatic heterocycles. The van der Waals surface area contributed by atoms with Crippen molar-refractivity contribution >= 4 is 11.6 Å². The molecule has 10 nitrogen and oxygen atoms in total. The van der Waals surface area contributed by atoms with E-state index in [0.29, 0.717) is 11.8 Å². The second-order valence-electron chi connectivity index (χ2n) is 3.55. The third-order valence-corrected chi connectivity index (χ3v) is 2.32. The number of hydrogen-bond donors (Lipinski definition) is 4. The van der Waals surface area contributed by atoms with Gasteiger partial charge in [-0.3, -0.25) is 0 Å². The summed E-state index contributed by atoms with van der Waals surface area (Å²) in [5.74, 6) is 1.12. The molecule has 0 fully saturated rings. The number of rotatable bonds is 3. The van der Waals surface area contributed by atoms with Crippen LogP contribution in [0.25, 0.3) is 11.4 Å². The van der Waals surface area contributed by atoms with E-state index in [1.165, 1.54) is 0 Å². The third-order valence-electron chi connectivity index (χ3n) is 2.32. The smallest absolute Gasteiger partial charge is 0.262 e. The molecule has 2 aromatic heterocycles. The van der Waals surface area contributed by atoms with Crippen molar-refractivity contribution in [2.75, 3.05) is 24.7 Å². The van der Waals surface area contributed by atoms with Gasteiger partial charge in [-0.1, -0.05) is 17.2 Å². The van der Waals surface area contributed by atoms with E-state index >= 15 is 0 Å². The molecule has 0 unspecified atom stereocenters. The van der Waals surface area contributed by atoms with Crippen LogP contribution in [-0.4, -0.2) is 55.3 Å². The summed E-state index contributed by atoms with van der Waals surface area (Å²) in [6, 6.07) is 7.82. The molecule has 0 spiro atoms. The van der Waals surface area contributed by atoms with Crippen LogP contribution in [-0.2, 0) is 0 Å². The first-order chi connectivity index (χ1) is 9.83.